The maximum Gasteiger partial charge on any atom is 0.239 e. The number of aliphatic hydroxyl groups is 1. The first-order valence-corrected chi connectivity index (χ1v) is 8.08. The zero-order chi connectivity index (χ0) is 19.2. The van der Waals surface area contributed by atoms with Gasteiger partial charge in [0.2, 0.25) is 11.9 Å². The number of aromatic nitrogens is 4. The number of carbonyl (C=O) groups excluding carboxylic acids is 1. The number of halogens is 1. The molecule has 0 radical (unpaired) electrons. The molecule has 0 aliphatic heterocycles. The fourth-order valence-electron chi connectivity index (χ4n) is 2.42. The molecule has 0 saturated heterocycles. The van der Waals surface area contributed by atoms with E-state index < -0.39 is 17.8 Å². The van der Waals surface area contributed by atoms with Crippen LogP contribution in [0, 0.1) is 5.82 Å². The summed E-state index contributed by atoms with van der Waals surface area (Å²) in [5.41, 5.74) is 6.42. The van der Waals surface area contributed by atoms with Crippen LogP contribution >= 0.6 is 0 Å². The third-order valence-electron chi connectivity index (χ3n) is 3.65. The number of nitrogens with zero attached hydrogens (tertiary/aromatic N) is 4. The van der Waals surface area contributed by atoms with E-state index in [9.17, 15) is 14.3 Å². The van der Waals surface area contributed by atoms with Crippen molar-refractivity contribution < 1.29 is 14.3 Å². The van der Waals surface area contributed by atoms with Crippen molar-refractivity contribution in [2.45, 2.75) is 12.6 Å². The molecule has 0 bridgehead atoms. The van der Waals surface area contributed by atoms with Gasteiger partial charge in [0, 0.05) is 6.20 Å². The largest absolute Gasteiger partial charge is 0.394 e. The van der Waals surface area contributed by atoms with Gasteiger partial charge in [-0.25, -0.2) is 9.37 Å². The van der Waals surface area contributed by atoms with Crippen LogP contribution in [0.5, 0.6) is 0 Å². The van der Waals surface area contributed by atoms with Crippen LogP contribution in [0.15, 0.2) is 48.9 Å². The Hall–Kier alpha value is -3.53. The molecule has 27 heavy (non-hydrogen) atoms. The fraction of sp³-hybridized carbons (Fsp3) is 0.176. The Morgan fingerprint density at radius 3 is 2.78 bits per heavy atom. The van der Waals surface area contributed by atoms with Crippen LogP contribution in [0.4, 0.5) is 21.8 Å². The minimum atomic E-state index is -0.653. The van der Waals surface area contributed by atoms with E-state index in [4.69, 9.17) is 5.73 Å². The number of benzene rings is 1. The smallest absolute Gasteiger partial charge is 0.239 e. The molecule has 9 nitrogen and oxygen atoms in total. The van der Waals surface area contributed by atoms with Gasteiger partial charge in [-0.05, 0) is 5.56 Å². The summed E-state index contributed by atoms with van der Waals surface area (Å²) in [6.07, 6.45) is 4.03. The highest BCUT2D eigenvalue weighted by Crippen LogP contribution is 2.21. The molecule has 1 amide bonds. The molecule has 0 unspecified atom stereocenters. The second kappa shape index (κ2) is 8.23. The molecule has 5 N–H and O–H groups in total. The molecule has 140 valence electrons. The summed E-state index contributed by atoms with van der Waals surface area (Å²) in [6.45, 7) is -0.301. The van der Waals surface area contributed by atoms with Crippen molar-refractivity contribution in [2.24, 2.45) is 5.73 Å². The van der Waals surface area contributed by atoms with Gasteiger partial charge in [-0.1, -0.05) is 30.3 Å². The summed E-state index contributed by atoms with van der Waals surface area (Å²) in [5.74, 6) is -1.10. The molecule has 0 spiro atoms. The van der Waals surface area contributed by atoms with E-state index in [0.717, 1.165) is 11.8 Å². The molecule has 3 aromatic rings. The van der Waals surface area contributed by atoms with Crippen LogP contribution in [0.1, 0.15) is 11.6 Å². The highest BCUT2D eigenvalue weighted by molar-refractivity contribution is 5.73. The summed E-state index contributed by atoms with van der Waals surface area (Å²) >= 11 is 0. The van der Waals surface area contributed by atoms with E-state index in [1.165, 1.54) is 10.9 Å². The molecule has 0 saturated carbocycles. The molecule has 2 heterocycles. The highest BCUT2D eigenvalue weighted by atomic mass is 19.1. The number of hydrogen-bond acceptors (Lipinski definition) is 7. The van der Waals surface area contributed by atoms with Gasteiger partial charge in [-0.3, -0.25) is 9.48 Å². The number of nitrogens with two attached hydrogens (primary N) is 1. The van der Waals surface area contributed by atoms with Gasteiger partial charge in [-0.15, -0.1) is 0 Å². The van der Waals surface area contributed by atoms with E-state index in [-0.39, 0.29) is 24.9 Å². The third-order valence-corrected chi connectivity index (χ3v) is 3.65. The predicted molar refractivity (Wildman–Crippen MR) is 96.6 cm³/mol. The number of amides is 1. The molecule has 10 heteroatoms. The Labute approximate surface area is 154 Å². The average molecular weight is 371 g/mol. The van der Waals surface area contributed by atoms with Crippen molar-refractivity contribution in [3.8, 4) is 0 Å². The first-order chi connectivity index (χ1) is 13.0. The van der Waals surface area contributed by atoms with E-state index in [1.807, 2.05) is 30.3 Å². The van der Waals surface area contributed by atoms with E-state index in [0.29, 0.717) is 5.69 Å². The van der Waals surface area contributed by atoms with Gasteiger partial charge in [0.15, 0.2) is 11.6 Å². The van der Waals surface area contributed by atoms with Crippen molar-refractivity contribution >= 4 is 23.4 Å². The molecule has 1 aromatic carbocycles. The molecule has 3 rings (SSSR count). The second-order valence-electron chi connectivity index (χ2n) is 5.70. The number of carbonyl (C=O) groups is 1. The lowest BCUT2D eigenvalue weighted by Crippen LogP contribution is -2.18. The van der Waals surface area contributed by atoms with E-state index in [1.54, 1.807) is 6.20 Å². The molecule has 0 aliphatic rings. The molecule has 0 aliphatic carbocycles. The van der Waals surface area contributed by atoms with Crippen molar-refractivity contribution in [1.82, 2.24) is 19.7 Å². The number of nitrogens with one attached hydrogen (secondary N) is 2. The Morgan fingerprint density at radius 2 is 2.07 bits per heavy atom. The van der Waals surface area contributed by atoms with Crippen LogP contribution in [0.2, 0.25) is 0 Å². The predicted octanol–water partition coefficient (Wildman–Crippen LogP) is 1.19. The van der Waals surface area contributed by atoms with Crippen molar-refractivity contribution in [3.63, 3.8) is 0 Å². The van der Waals surface area contributed by atoms with Crippen LogP contribution in [-0.2, 0) is 11.3 Å². The summed E-state index contributed by atoms with van der Waals surface area (Å²) in [5, 5.41) is 19.3. The molecule has 2 aromatic heterocycles. The van der Waals surface area contributed by atoms with Gasteiger partial charge in [0.25, 0.3) is 0 Å². The van der Waals surface area contributed by atoms with Crippen molar-refractivity contribution in [2.75, 3.05) is 17.2 Å². The van der Waals surface area contributed by atoms with Gasteiger partial charge < -0.3 is 21.5 Å². The first kappa shape index (κ1) is 18.3. The Morgan fingerprint density at radius 1 is 1.30 bits per heavy atom. The van der Waals surface area contributed by atoms with E-state index in [2.05, 4.69) is 25.7 Å². The van der Waals surface area contributed by atoms with E-state index >= 15 is 0 Å². The summed E-state index contributed by atoms with van der Waals surface area (Å²) in [7, 11) is 0. The fourth-order valence-corrected chi connectivity index (χ4v) is 2.42. The lowest BCUT2D eigenvalue weighted by Gasteiger charge is -2.18. The van der Waals surface area contributed by atoms with Gasteiger partial charge in [0.1, 0.15) is 6.54 Å². The Bertz CT molecular complexity index is 917. The van der Waals surface area contributed by atoms with Crippen LogP contribution < -0.4 is 16.4 Å². The first-order valence-electron chi connectivity index (χ1n) is 8.08. The minimum Gasteiger partial charge on any atom is -0.394 e. The third kappa shape index (κ3) is 4.76. The van der Waals surface area contributed by atoms with Gasteiger partial charge in [0.05, 0.1) is 30.7 Å². The number of rotatable bonds is 8. The lowest BCUT2D eigenvalue weighted by atomic mass is 10.1. The quantitative estimate of drug-likeness (QED) is 0.468. The zero-order valence-corrected chi connectivity index (χ0v) is 14.2. The standard InChI is InChI=1S/C17H18FN7O2/c18-13-7-20-17(22-12-6-21-25(8-12)9-15(19)27)24-16(13)23-14(10-26)11-4-2-1-3-5-11/h1-8,14,26H,9-10H2,(H2,19,27)(H2,20,22,23,24)/t14-/m1/s1. The normalized spacial score (nSPS) is 11.8. The van der Waals surface area contributed by atoms with Crippen molar-refractivity contribution in [3.05, 3.63) is 60.3 Å². The number of primary amides is 1. The molecular formula is C17H18FN7O2. The minimum absolute atomic E-state index is 0.0556. The summed E-state index contributed by atoms with van der Waals surface area (Å²) in [6, 6.07) is 8.61. The lowest BCUT2D eigenvalue weighted by molar-refractivity contribution is -0.118. The maximum atomic E-state index is 14.1. The molecule has 0 fully saturated rings. The summed E-state index contributed by atoms with van der Waals surface area (Å²) < 4.78 is 15.5. The Kier molecular flexibility index (Phi) is 5.57. The monoisotopic (exact) mass is 371 g/mol. The van der Waals surface area contributed by atoms with Crippen molar-refractivity contribution in [1.29, 1.82) is 0 Å². The number of hydrogen-bond donors (Lipinski definition) is 4. The van der Waals surface area contributed by atoms with Gasteiger partial charge in [-0.2, -0.15) is 10.1 Å². The zero-order valence-electron chi connectivity index (χ0n) is 14.2. The van der Waals surface area contributed by atoms with Crippen LogP contribution in [0.3, 0.4) is 0 Å². The SMILES string of the molecule is NC(=O)Cn1cc(Nc2ncc(F)c(N[C@H](CO)c3ccccc3)n2)cn1. The molecule has 1 atom stereocenters. The van der Waals surface area contributed by atoms with Crippen LogP contribution in [0.25, 0.3) is 0 Å². The maximum absolute atomic E-state index is 14.1. The number of aliphatic hydroxyl groups excluding tert-OH is 1. The second-order valence-corrected chi connectivity index (χ2v) is 5.70. The van der Waals surface area contributed by atoms with Gasteiger partial charge >= 0.3 is 0 Å². The summed E-state index contributed by atoms with van der Waals surface area (Å²) in [4.78, 5) is 18.9. The van der Waals surface area contributed by atoms with Crippen LogP contribution in [-0.4, -0.2) is 37.4 Å². The highest BCUT2D eigenvalue weighted by Gasteiger charge is 2.15. The Balaban J connectivity index is 1.75. The average Bonchev–Trinajstić information content (AvgIpc) is 3.09. The number of anilines is 3. The topological polar surface area (TPSA) is 131 Å². The molecular weight excluding hydrogens is 353 g/mol.